The van der Waals surface area contributed by atoms with E-state index in [9.17, 15) is 34.1 Å². The summed E-state index contributed by atoms with van der Waals surface area (Å²) in [5.41, 5.74) is 11.1. The van der Waals surface area contributed by atoms with Crippen molar-refractivity contribution >= 4 is 127 Å². The quantitative estimate of drug-likeness (QED) is 0.0127. The smallest absolute Gasteiger partial charge is 0.444 e. The first-order chi connectivity index (χ1) is 41.2. The average molecular weight is 1360 g/mol. The summed E-state index contributed by atoms with van der Waals surface area (Å²) in [6.45, 7) is 15.9. The third-order valence-electron chi connectivity index (χ3n) is 10.6. The lowest BCUT2D eigenvalue weighted by Crippen LogP contribution is -2.29. The number of halogens is 4. The lowest BCUT2D eigenvalue weighted by molar-refractivity contribution is -0.384. The minimum atomic E-state index is -1.34. The number of rotatable bonds is 10. The van der Waals surface area contributed by atoms with E-state index in [-0.39, 0.29) is 33.6 Å². The van der Waals surface area contributed by atoms with E-state index in [1.165, 1.54) is 42.7 Å². The van der Waals surface area contributed by atoms with Gasteiger partial charge in [-0.05, 0) is 162 Å². The number of nitrogen functional groups attached to an aromatic ring is 1. The van der Waals surface area contributed by atoms with E-state index >= 15 is 0 Å². The fourth-order valence-corrected chi connectivity index (χ4v) is 7.56. The van der Waals surface area contributed by atoms with Crippen LogP contribution < -0.4 is 32.5 Å². The summed E-state index contributed by atoms with van der Waals surface area (Å²) in [6.07, 6.45) is 0.866. The number of ether oxygens (including phenoxy) is 3. The molecule has 0 aliphatic heterocycles. The first-order valence-electron chi connectivity index (χ1n) is 26.5. The van der Waals surface area contributed by atoms with Crippen molar-refractivity contribution in [3.05, 3.63) is 218 Å². The molecular formula is C65H75BBrCl3N8O12. The van der Waals surface area contributed by atoms with E-state index in [4.69, 9.17) is 64.8 Å². The Morgan fingerprint density at radius 1 is 0.533 bits per heavy atom. The molecule has 90 heavy (non-hydrogen) atoms. The number of nitrogens with zero attached hydrogens (tertiary/aromatic N) is 3. The monoisotopic (exact) mass is 1360 g/mol. The second kappa shape index (κ2) is 36.6. The largest absolute Gasteiger partial charge is 0.488 e. The molecule has 2 aromatic heterocycles. The fourth-order valence-electron chi connectivity index (χ4n) is 6.88. The zero-order valence-electron chi connectivity index (χ0n) is 49.3. The topological polar surface area (TPSA) is 297 Å². The molecule has 8 rings (SSSR count). The highest BCUT2D eigenvalue weighted by molar-refractivity contribution is 9.10. The van der Waals surface area contributed by atoms with Crippen molar-refractivity contribution in [3.8, 4) is 22.3 Å². The maximum atomic E-state index is 12.7. The third-order valence-corrected chi connectivity index (χ3v) is 11.8. The van der Waals surface area contributed by atoms with Crippen molar-refractivity contribution in [2.24, 2.45) is 0 Å². The number of amides is 4. The fraction of sp³-hybridized carbons (Fsp3) is 0.215. The molecule has 0 radical (unpaired) electrons. The number of nitrogens with one attached hydrogen (secondary N) is 4. The number of nitro benzene ring substituents is 1. The van der Waals surface area contributed by atoms with Crippen molar-refractivity contribution in [2.75, 3.05) is 27.0 Å². The van der Waals surface area contributed by atoms with Gasteiger partial charge in [0, 0.05) is 24.4 Å². The van der Waals surface area contributed by atoms with Crippen LogP contribution in [-0.2, 0) is 14.2 Å². The van der Waals surface area contributed by atoms with Gasteiger partial charge in [-0.3, -0.25) is 35.7 Å². The Hall–Kier alpha value is -8.90. The van der Waals surface area contributed by atoms with Gasteiger partial charge < -0.3 is 35.3 Å². The molecule has 2 heterocycles. The summed E-state index contributed by atoms with van der Waals surface area (Å²) >= 11 is 19.5. The van der Waals surface area contributed by atoms with E-state index in [2.05, 4.69) is 47.2 Å². The molecule has 0 saturated heterocycles. The van der Waals surface area contributed by atoms with Crippen molar-refractivity contribution in [1.82, 2.24) is 9.97 Å². The number of hydrogen-bond acceptors (Lipinski definition) is 15. The Kier molecular flexibility index (Phi) is 31.4. The molecule has 4 amide bonds. The number of anilines is 5. The Bertz CT molecular complexity index is 3630. The predicted octanol–water partition coefficient (Wildman–Crippen LogP) is 17.0. The molecule has 0 aliphatic carbocycles. The Balaban J connectivity index is 0.000000600. The van der Waals surface area contributed by atoms with Crippen LogP contribution in [0.4, 0.5) is 48.5 Å². The van der Waals surface area contributed by atoms with Crippen LogP contribution in [0.1, 0.15) is 99.3 Å². The maximum Gasteiger partial charge on any atom is 0.488 e. The number of carbonyl (C=O) groups is 5. The van der Waals surface area contributed by atoms with Crippen LogP contribution in [0.15, 0.2) is 187 Å². The first-order valence-corrected chi connectivity index (χ1v) is 28.4. The van der Waals surface area contributed by atoms with Gasteiger partial charge in [-0.2, -0.15) is 0 Å². The molecule has 0 fully saturated rings. The SMILES string of the molecule is C.C.CC(C)(C)OC(=O)Nc1ccc(-c2ccccc2)cc1N.CC(C)(C)OC(=O)Nc1ccc(-c2ccccc2)cc1NC(=O)c1ccc(Cl)nc1.CC(C)(C)OC(=O)Nc1ccc(Br)cc1[N+](=O)[O-].O=C(Cl)c1ccc(Cl)nc1.OB(O)c1ccccc1.[2HH]. The molecule has 0 atom stereocenters. The summed E-state index contributed by atoms with van der Waals surface area (Å²) in [7, 11) is -1.34. The minimum absolute atomic E-state index is 0. The Labute approximate surface area is 549 Å². The zero-order chi connectivity index (χ0) is 65.4. The van der Waals surface area contributed by atoms with Crippen LogP contribution in [0.2, 0.25) is 10.3 Å². The molecule has 0 aliphatic rings. The molecule has 0 spiro atoms. The number of benzene rings is 6. The van der Waals surface area contributed by atoms with Crippen molar-refractivity contribution in [2.45, 2.75) is 94.0 Å². The van der Waals surface area contributed by atoms with Crippen LogP contribution in [0, 0.1) is 10.1 Å². The molecule has 478 valence electrons. The number of pyridine rings is 2. The summed E-state index contributed by atoms with van der Waals surface area (Å²) < 4.78 is 16.1. The molecule has 6 aromatic carbocycles. The molecule has 0 saturated carbocycles. The van der Waals surface area contributed by atoms with Gasteiger partial charge in [-0.15, -0.1) is 0 Å². The molecule has 8 N–H and O–H groups in total. The van der Waals surface area contributed by atoms with Crippen LogP contribution in [0.5, 0.6) is 0 Å². The molecule has 25 heteroatoms. The van der Waals surface area contributed by atoms with Crippen LogP contribution >= 0.6 is 50.7 Å². The minimum Gasteiger partial charge on any atom is -0.444 e. The number of nitrogens with two attached hydrogens (primary N) is 1. The normalized spacial score (nSPS) is 10.3. The number of aromatic nitrogens is 2. The van der Waals surface area contributed by atoms with Gasteiger partial charge in [-0.1, -0.05) is 157 Å². The van der Waals surface area contributed by atoms with Gasteiger partial charge in [0.15, 0.2) is 0 Å². The summed E-state index contributed by atoms with van der Waals surface area (Å²) in [6, 6.07) is 49.7. The van der Waals surface area contributed by atoms with E-state index in [1.54, 1.807) is 96.1 Å². The highest BCUT2D eigenvalue weighted by atomic mass is 79.9. The van der Waals surface area contributed by atoms with Gasteiger partial charge >= 0.3 is 25.4 Å². The second-order valence-electron chi connectivity index (χ2n) is 21.3. The zero-order valence-corrected chi connectivity index (χ0v) is 53.2. The van der Waals surface area contributed by atoms with Crippen molar-refractivity contribution < 1.29 is 54.6 Å². The average Bonchev–Trinajstić information content (AvgIpc) is 1.12. The molecule has 8 aromatic rings. The lowest BCUT2D eigenvalue weighted by atomic mass is 9.81. The maximum absolute atomic E-state index is 12.7. The highest BCUT2D eigenvalue weighted by Gasteiger charge is 2.22. The standard InChI is InChI=1S/C23H22ClN3O3.C17H20N2O2.C11H13BrN2O4.C6H7BO2.C6H3Cl2NO.2CH4.H2/c1-23(2,3)30-22(29)27-18-11-9-16(15-7-5-4-6-8-15)13-19(18)26-21(28)17-10-12-20(24)25-14-17;1-17(2,3)21-16(20)19-15-10-9-13(11-14(15)18)12-7-5-4-6-8-12;1-11(2,3)18-10(15)13-8-5-4-7(12)6-9(8)14(16)17;8-7(9)6-4-2-1-3-5-6;7-5-2-1-4(3-9-5)6(8)10;;;/h4-14H,1-3H3,(H,26,28)(H,27,29);4-11H,18H2,1-3H3,(H,19,20);4-6H,1-3H3,(H,13,15);1-5,8-9H;1-3H;2*1H4;1H/i;;;;;;;1+1. The van der Waals surface area contributed by atoms with Gasteiger partial charge in [0.1, 0.15) is 32.8 Å². The highest BCUT2D eigenvalue weighted by Crippen LogP contribution is 2.32. The van der Waals surface area contributed by atoms with Gasteiger partial charge in [0.05, 0.1) is 38.8 Å². The number of hydrogen-bond donors (Lipinski definition) is 7. The van der Waals surface area contributed by atoms with Crippen LogP contribution in [0.3, 0.4) is 0 Å². The van der Waals surface area contributed by atoms with E-state index in [0.29, 0.717) is 54.1 Å². The lowest BCUT2D eigenvalue weighted by Gasteiger charge is -2.21. The van der Waals surface area contributed by atoms with E-state index in [0.717, 1.165) is 22.3 Å². The Morgan fingerprint density at radius 2 is 0.933 bits per heavy atom. The van der Waals surface area contributed by atoms with E-state index in [1.807, 2.05) is 106 Å². The predicted molar refractivity (Wildman–Crippen MR) is 367 cm³/mol. The Morgan fingerprint density at radius 3 is 1.32 bits per heavy atom. The van der Waals surface area contributed by atoms with E-state index < -0.39 is 52.4 Å². The first kappa shape index (κ1) is 77.2. The molecule has 0 unspecified atom stereocenters. The van der Waals surface area contributed by atoms with Crippen molar-refractivity contribution in [3.63, 3.8) is 0 Å². The third kappa shape index (κ3) is 29.0. The van der Waals surface area contributed by atoms with Gasteiger partial charge in [0.2, 0.25) is 0 Å². The summed E-state index contributed by atoms with van der Waals surface area (Å²) in [4.78, 5) is 76.5. The second-order valence-corrected chi connectivity index (χ2v) is 23.4. The summed E-state index contributed by atoms with van der Waals surface area (Å²) in [5, 5.41) is 38.7. The number of nitro groups is 1. The van der Waals surface area contributed by atoms with Gasteiger partial charge in [0.25, 0.3) is 16.8 Å². The molecule has 0 bridgehead atoms. The van der Waals surface area contributed by atoms with Crippen molar-refractivity contribution in [1.29, 1.82) is 0 Å². The summed E-state index contributed by atoms with van der Waals surface area (Å²) in [5.74, 6) is -0.378. The van der Waals surface area contributed by atoms with Crippen LogP contribution in [0.25, 0.3) is 22.3 Å². The number of carbonyl (C=O) groups excluding carboxylic acids is 5. The molecule has 20 nitrogen and oxygen atoms in total. The molecular weight excluding hydrogens is 1280 g/mol. The van der Waals surface area contributed by atoms with Crippen LogP contribution in [-0.4, -0.2) is 78.3 Å². The van der Waals surface area contributed by atoms with Gasteiger partial charge in [-0.25, -0.2) is 24.4 Å².